The maximum absolute atomic E-state index is 11.8. The van der Waals surface area contributed by atoms with Crippen molar-refractivity contribution in [3.63, 3.8) is 0 Å². The zero-order valence-corrected chi connectivity index (χ0v) is 9.25. The zero-order valence-electron chi connectivity index (χ0n) is 8.43. The van der Waals surface area contributed by atoms with E-state index in [9.17, 15) is 8.42 Å². The van der Waals surface area contributed by atoms with Crippen LogP contribution in [0, 0.1) is 5.41 Å². The van der Waals surface area contributed by atoms with Gasteiger partial charge in [-0.1, -0.05) is 0 Å². The lowest BCUT2D eigenvalue weighted by atomic mass is 10.3. The summed E-state index contributed by atoms with van der Waals surface area (Å²) in [7, 11) is -3.79. The molecule has 0 bridgehead atoms. The monoisotopic (exact) mass is 255 g/mol. The van der Waals surface area contributed by atoms with Crippen molar-refractivity contribution in [3.05, 3.63) is 24.3 Å². The van der Waals surface area contributed by atoms with E-state index in [1.165, 1.54) is 12.5 Å². The molecule has 2 heterocycles. The molecule has 0 aliphatic heterocycles. The summed E-state index contributed by atoms with van der Waals surface area (Å²) in [6.07, 6.45) is 3.66. The van der Waals surface area contributed by atoms with Crippen LogP contribution in [-0.4, -0.2) is 34.4 Å². The number of nitrogens with zero attached hydrogens (tertiary/aromatic N) is 2. The molecule has 0 saturated heterocycles. The molecule has 6 N–H and O–H groups in total. The molecular formula is C7H9N7O2S. The number of hydrogen-bond donors (Lipinski definition) is 5. The van der Waals surface area contributed by atoms with Crippen molar-refractivity contribution in [3.8, 4) is 0 Å². The van der Waals surface area contributed by atoms with Crippen molar-refractivity contribution in [2.75, 3.05) is 4.72 Å². The highest BCUT2D eigenvalue weighted by atomic mass is 32.2. The van der Waals surface area contributed by atoms with Crippen LogP contribution in [-0.2, 0) is 10.0 Å². The van der Waals surface area contributed by atoms with Crippen LogP contribution in [0.1, 0.15) is 5.56 Å². The van der Waals surface area contributed by atoms with E-state index < -0.39 is 10.0 Å². The second kappa shape index (κ2) is 3.90. The van der Waals surface area contributed by atoms with Gasteiger partial charge in [0.05, 0.1) is 24.3 Å². The SMILES string of the molecule is N=C(N)c1cn[nH]c1NS(=O)(=O)c1cnc[nH]1. The van der Waals surface area contributed by atoms with Crippen LogP contribution in [0.4, 0.5) is 5.82 Å². The van der Waals surface area contributed by atoms with Gasteiger partial charge in [0.15, 0.2) is 5.03 Å². The predicted octanol–water partition coefficient (Wildman–Crippen LogP) is -0.782. The van der Waals surface area contributed by atoms with E-state index in [0.29, 0.717) is 0 Å². The first kappa shape index (κ1) is 11.1. The number of aromatic amines is 2. The molecule has 0 fully saturated rings. The van der Waals surface area contributed by atoms with Gasteiger partial charge in [0, 0.05) is 0 Å². The molecule has 0 aliphatic carbocycles. The third-order valence-electron chi connectivity index (χ3n) is 1.93. The fraction of sp³-hybridized carbons (Fsp3) is 0. The van der Waals surface area contributed by atoms with Crippen LogP contribution in [0.15, 0.2) is 23.7 Å². The first-order valence-electron chi connectivity index (χ1n) is 4.39. The Balaban J connectivity index is 2.33. The topological polar surface area (TPSA) is 153 Å². The summed E-state index contributed by atoms with van der Waals surface area (Å²) in [5, 5.41) is 13.2. The number of nitrogens with one attached hydrogen (secondary N) is 4. The Hall–Kier alpha value is -2.36. The Morgan fingerprint density at radius 1 is 1.47 bits per heavy atom. The molecule has 9 nitrogen and oxygen atoms in total. The lowest BCUT2D eigenvalue weighted by molar-refractivity contribution is 0.598. The fourth-order valence-corrected chi connectivity index (χ4v) is 2.09. The quantitative estimate of drug-likeness (QED) is 0.358. The number of aromatic nitrogens is 4. The molecule has 0 unspecified atom stereocenters. The fourth-order valence-electron chi connectivity index (χ4n) is 1.15. The van der Waals surface area contributed by atoms with E-state index >= 15 is 0 Å². The number of hydrogen-bond acceptors (Lipinski definition) is 5. The molecular weight excluding hydrogens is 246 g/mol. The average molecular weight is 255 g/mol. The van der Waals surface area contributed by atoms with E-state index in [1.54, 1.807) is 0 Å². The number of anilines is 1. The minimum absolute atomic E-state index is 0.0344. The molecule has 2 rings (SSSR count). The van der Waals surface area contributed by atoms with Gasteiger partial charge in [-0.05, 0) is 0 Å². The third-order valence-corrected chi connectivity index (χ3v) is 3.20. The number of sulfonamides is 1. The normalized spacial score (nSPS) is 11.3. The van der Waals surface area contributed by atoms with Crippen LogP contribution in [0.25, 0.3) is 0 Å². The van der Waals surface area contributed by atoms with Gasteiger partial charge in [0.25, 0.3) is 10.0 Å². The molecule has 90 valence electrons. The Labute approximate surface area is 96.0 Å². The summed E-state index contributed by atoms with van der Waals surface area (Å²) >= 11 is 0. The van der Waals surface area contributed by atoms with E-state index in [1.807, 2.05) is 0 Å². The van der Waals surface area contributed by atoms with Gasteiger partial charge in [-0.3, -0.25) is 15.2 Å². The van der Waals surface area contributed by atoms with Crippen LogP contribution in [0.5, 0.6) is 0 Å². The van der Waals surface area contributed by atoms with E-state index in [4.69, 9.17) is 11.1 Å². The van der Waals surface area contributed by atoms with Crippen molar-refractivity contribution >= 4 is 21.7 Å². The summed E-state index contributed by atoms with van der Waals surface area (Å²) < 4.78 is 25.8. The Bertz CT molecular complexity index is 627. The number of nitrogen functional groups attached to an aromatic ring is 1. The summed E-state index contributed by atoms with van der Waals surface area (Å²) in [6.45, 7) is 0. The molecule has 0 aliphatic rings. The van der Waals surface area contributed by atoms with Crippen molar-refractivity contribution < 1.29 is 8.42 Å². The highest BCUT2D eigenvalue weighted by molar-refractivity contribution is 7.92. The van der Waals surface area contributed by atoms with Gasteiger partial charge in [-0.2, -0.15) is 13.5 Å². The summed E-state index contributed by atoms with van der Waals surface area (Å²) in [5.74, 6) is -0.256. The number of H-pyrrole nitrogens is 2. The summed E-state index contributed by atoms with van der Waals surface area (Å²) in [5.41, 5.74) is 5.44. The van der Waals surface area contributed by atoms with E-state index in [2.05, 4.69) is 24.9 Å². The zero-order chi connectivity index (χ0) is 12.5. The summed E-state index contributed by atoms with van der Waals surface area (Å²) in [4.78, 5) is 6.07. The highest BCUT2D eigenvalue weighted by Crippen LogP contribution is 2.15. The van der Waals surface area contributed by atoms with Crippen LogP contribution in [0.2, 0.25) is 0 Å². The Morgan fingerprint density at radius 2 is 2.24 bits per heavy atom. The first-order valence-corrected chi connectivity index (χ1v) is 5.88. The number of rotatable bonds is 4. The molecule has 0 amide bonds. The Morgan fingerprint density at radius 3 is 2.82 bits per heavy atom. The van der Waals surface area contributed by atoms with Crippen LogP contribution >= 0.6 is 0 Å². The standard InChI is InChI=1S/C7H9N7O2S/c8-6(9)4-1-12-13-7(4)14-17(15,16)5-2-10-3-11-5/h1-3H,(H3,8,9)(H,10,11)(H2,12,13,14). The van der Waals surface area contributed by atoms with Gasteiger partial charge in [0.1, 0.15) is 11.7 Å². The average Bonchev–Trinajstić information content (AvgIpc) is 2.85. The largest absolute Gasteiger partial charge is 0.384 e. The maximum atomic E-state index is 11.8. The number of amidine groups is 1. The molecule has 0 radical (unpaired) electrons. The lowest BCUT2D eigenvalue weighted by Gasteiger charge is -2.05. The van der Waals surface area contributed by atoms with Crippen LogP contribution < -0.4 is 10.5 Å². The van der Waals surface area contributed by atoms with Crippen molar-refractivity contribution in [1.29, 1.82) is 5.41 Å². The molecule has 0 atom stereocenters. The molecule has 0 saturated carbocycles. The van der Waals surface area contributed by atoms with Gasteiger partial charge in [-0.15, -0.1) is 0 Å². The van der Waals surface area contributed by atoms with Gasteiger partial charge in [-0.25, -0.2) is 4.98 Å². The van der Waals surface area contributed by atoms with E-state index in [0.717, 1.165) is 6.20 Å². The van der Waals surface area contributed by atoms with Crippen molar-refractivity contribution in [2.45, 2.75) is 5.03 Å². The molecule has 17 heavy (non-hydrogen) atoms. The predicted molar refractivity (Wildman–Crippen MR) is 59.0 cm³/mol. The van der Waals surface area contributed by atoms with Gasteiger partial charge in [0.2, 0.25) is 0 Å². The minimum Gasteiger partial charge on any atom is -0.384 e. The molecule has 2 aromatic heterocycles. The van der Waals surface area contributed by atoms with Gasteiger partial charge >= 0.3 is 0 Å². The summed E-state index contributed by atoms with van der Waals surface area (Å²) in [6, 6.07) is 0. The molecule has 0 aromatic carbocycles. The third kappa shape index (κ3) is 2.10. The molecule has 0 spiro atoms. The Kier molecular flexibility index (Phi) is 2.55. The lowest BCUT2D eigenvalue weighted by Crippen LogP contribution is -2.18. The van der Waals surface area contributed by atoms with Crippen LogP contribution in [0.3, 0.4) is 0 Å². The maximum Gasteiger partial charge on any atom is 0.280 e. The second-order valence-corrected chi connectivity index (χ2v) is 4.74. The molecule has 10 heteroatoms. The highest BCUT2D eigenvalue weighted by Gasteiger charge is 2.19. The number of nitrogens with two attached hydrogens (primary N) is 1. The minimum atomic E-state index is -3.79. The van der Waals surface area contributed by atoms with Crippen molar-refractivity contribution in [1.82, 2.24) is 20.2 Å². The molecule has 2 aromatic rings. The van der Waals surface area contributed by atoms with Crippen molar-refractivity contribution in [2.24, 2.45) is 5.73 Å². The smallest absolute Gasteiger partial charge is 0.280 e. The second-order valence-electron chi connectivity index (χ2n) is 3.09. The van der Waals surface area contributed by atoms with E-state index in [-0.39, 0.29) is 22.2 Å². The van der Waals surface area contributed by atoms with Gasteiger partial charge < -0.3 is 10.7 Å². The first-order chi connectivity index (χ1) is 8.00. The number of imidazole rings is 1.